The number of rotatable bonds is 2. The van der Waals surface area contributed by atoms with Crippen molar-refractivity contribution in [2.45, 2.75) is 31.4 Å². The third kappa shape index (κ3) is 3.81. The molecular formula is C21H27N3O5. The highest BCUT2D eigenvalue weighted by Gasteiger charge is 2.40. The number of carbonyl (C=O) groups is 3. The van der Waals surface area contributed by atoms with Gasteiger partial charge in [0.25, 0.3) is 5.91 Å². The second-order valence-corrected chi connectivity index (χ2v) is 7.67. The fraction of sp³-hybridized carbons (Fsp3) is 0.571. The maximum absolute atomic E-state index is 13.4. The Kier molecular flexibility index (Phi) is 5.71. The fourth-order valence-corrected chi connectivity index (χ4v) is 4.44. The Morgan fingerprint density at radius 2 is 1.69 bits per heavy atom. The van der Waals surface area contributed by atoms with E-state index in [-0.39, 0.29) is 17.9 Å². The van der Waals surface area contributed by atoms with Gasteiger partial charge in [-0.2, -0.15) is 0 Å². The highest BCUT2D eigenvalue weighted by atomic mass is 16.5. The Labute approximate surface area is 170 Å². The lowest BCUT2D eigenvalue weighted by molar-refractivity contribution is -0.147. The number of benzene rings is 1. The zero-order valence-electron chi connectivity index (χ0n) is 16.7. The minimum absolute atomic E-state index is 0.0220. The van der Waals surface area contributed by atoms with Crippen molar-refractivity contribution < 1.29 is 23.9 Å². The quantitative estimate of drug-likeness (QED) is 0.744. The number of ether oxygens (including phenoxy) is 2. The van der Waals surface area contributed by atoms with Crippen LogP contribution < -0.4 is 0 Å². The second-order valence-electron chi connectivity index (χ2n) is 7.67. The molecule has 1 aromatic carbocycles. The Morgan fingerprint density at radius 1 is 1.00 bits per heavy atom. The van der Waals surface area contributed by atoms with E-state index in [1.54, 1.807) is 9.80 Å². The monoisotopic (exact) mass is 401 g/mol. The molecule has 4 rings (SSSR count). The average molecular weight is 401 g/mol. The second kappa shape index (κ2) is 8.41. The van der Waals surface area contributed by atoms with Gasteiger partial charge in [0, 0.05) is 39.3 Å². The summed E-state index contributed by atoms with van der Waals surface area (Å²) in [6.07, 6.45) is 1.55. The minimum atomic E-state index is -0.687. The van der Waals surface area contributed by atoms with Gasteiger partial charge in [0.05, 0.1) is 7.11 Å². The molecule has 0 radical (unpaired) electrons. The van der Waals surface area contributed by atoms with Crippen LogP contribution in [0.4, 0.5) is 4.79 Å². The van der Waals surface area contributed by atoms with Crippen molar-refractivity contribution >= 4 is 17.9 Å². The summed E-state index contributed by atoms with van der Waals surface area (Å²) >= 11 is 0. The average Bonchev–Trinajstić information content (AvgIpc) is 3.32. The molecule has 0 aliphatic carbocycles. The Bertz CT molecular complexity index is 784. The van der Waals surface area contributed by atoms with E-state index in [2.05, 4.69) is 0 Å². The molecule has 3 aliphatic heterocycles. The summed E-state index contributed by atoms with van der Waals surface area (Å²) in [4.78, 5) is 43.4. The van der Waals surface area contributed by atoms with Crippen LogP contribution in [-0.4, -0.2) is 85.2 Å². The molecule has 2 unspecified atom stereocenters. The molecule has 3 aliphatic rings. The van der Waals surface area contributed by atoms with Gasteiger partial charge in [-0.05, 0) is 30.4 Å². The van der Waals surface area contributed by atoms with E-state index in [1.807, 2.05) is 24.3 Å². The molecule has 3 amide bonds. The number of methoxy groups -OCH3 is 1. The van der Waals surface area contributed by atoms with Crippen molar-refractivity contribution in [3.63, 3.8) is 0 Å². The Balaban J connectivity index is 1.47. The van der Waals surface area contributed by atoms with Crippen molar-refractivity contribution in [3.05, 3.63) is 35.4 Å². The van der Waals surface area contributed by atoms with Crippen molar-refractivity contribution in [1.82, 2.24) is 14.7 Å². The van der Waals surface area contributed by atoms with Gasteiger partial charge in [0.2, 0.25) is 5.91 Å². The molecule has 3 heterocycles. The molecule has 0 N–H and O–H groups in total. The summed E-state index contributed by atoms with van der Waals surface area (Å²) in [6, 6.07) is 7.06. The van der Waals surface area contributed by atoms with E-state index in [0.29, 0.717) is 45.8 Å². The van der Waals surface area contributed by atoms with Gasteiger partial charge in [0.1, 0.15) is 12.1 Å². The van der Waals surface area contributed by atoms with Crippen LogP contribution in [0, 0.1) is 0 Å². The smallest absolute Gasteiger partial charge is 0.410 e. The normalized spacial score (nSPS) is 24.2. The van der Waals surface area contributed by atoms with Crippen LogP contribution in [0.15, 0.2) is 24.3 Å². The molecule has 29 heavy (non-hydrogen) atoms. The van der Waals surface area contributed by atoms with E-state index >= 15 is 0 Å². The third-order valence-electron chi connectivity index (χ3n) is 6.03. The van der Waals surface area contributed by atoms with Crippen LogP contribution in [0.5, 0.6) is 0 Å². The summed E-state index contributed by atoms with van der Waals surface area (Å²) < 4.78 is 10.4. The molecule has 1 aromatic rings. The van der Waals surface area contributed by atoms with Crippen LogP contribution in [0.25, 0.3) is 0 Å². The van der Waals surface area contributed by atoms with Crippen molar-refractivity contribution in [3.8, 4) is 0 Å². The van der Waals surface area contributed by atoms with Gasteiger partial charge < -0.3 is 19.3 Å². The minimum Gasteiger partial charge on any atom is -0.453 e. The molecule has 8 heteroatoms. The molecule has 0 aromatic heterocycles. The van der Waals surface area contributed by atoms with Crippen LogP contribution in [-0.2, 0) is 25.5 Å². The third-order valence-corrected chi connectivity index (χ3v) is 6.03. The maximum atomic E-state index is 13.4. The van der Waals surface area contributed by atoms with Gasteiger partial charge >= 0.3 is 6.09 Å². The molecule has 2 fully saturated rings. The number of nitrogens with zero attached hydrogens (tertiary/aromatic N) is 3. The summed E-state index contributed by atoms with van der Waals surface area (Å²) in [7, 11) is 1.33. The predicted octanol–water partition coefficient (Wildman–Crippen LogP) is 1.20. The van der Waals surface area contributed by atoms with E-state index in [0.717, 1.165) is 24.0 Å². The zero-order valence-corrected chi connectivity index (χ0v) is 16.7. The summed E-state index contributed by atoms with van der Waals surface area (Å²) in [5.74, 6) is -0.0967. The Morgan fingerprint density at radius 3 is 2.34 bits per heavy atom. The lowest BCUT2D eigenvalue weighted by Gasteiger charge is -2.41. The van der Waals surface area contributed by atoms with Crippen LogP contribution in [0.1, 0.15) is 30.0 Å². The highest BCUT2D eigenvalue weighted by Crippen LogP contribution is 2.32. The van der Waals surface area contributed by atoms with Gasteiger partial charge in [-0.1, -0.05) is 24.3 Å². The molecule has 8 nitrogen and oxygen atoms in total. The number of piperazine rings is 1. The fourth-order valence-electron chi connectivity index (χ4n) is 4.44. The lowest BCUT2D eigenvalue weighted by Crippen LogP contribution is -2.56. The van der Waals surface area contributed by atoms with Crippen molar-refractivity contribution in [2.75, 3.05) is 46.4 Å². The van der Waals surface area contributed by atoms with Gasteiger partial charge in [-0.25, -0.2) is 4.79 Å². The largest absolute Gasteiger partial charge is 0.453 e. The SMILES string of the molecule is COC(=O)N1CCc2ccccc2C1C(=O)N1CCN(C(=O)C2CCCO2)CC1. The van der Waals surface area contributed by atoms with E-state index in [9.17, 15) is 14.4 Å². The van der Waals surface area contributed by atoms with Crippen LogP contribution >= 0.6 is 0 Å². The Hall–Kier alpha value is -2.61. The number of amides is 3. The number of carbonyl (C=O) groups excluding carboxylic acids is 3. The molecule has 2 saturated heterocycles. The van der Waals surface area contributed by atoms with Gasteiger partial charge in [-0.15, -0.1) is 0 Å². The molecule has 0 spiro atoms. The number of hydrogen-bond acceptors (Lipinski definition) is 5. The van der Waals surface area contributed by atoms with E-state index in [4.69, 9.17) is 9.47 Å². The number of fused-ring (bicyclic) bond motifs is 1. The van der Waals surface area contributed by atoms with Crippen LogP contribution in [0.2, 0.25) is 0 Å². The first-order valence-electron chi connectivity index (χ1n) is 10.2. The lowest BCUT2D eigenvalue weighted by atomic mass is 9.92. The molecular weight excluding hydrogens is 374 g/mol. The van der Waals surface area contributed by atoms with E-state index in [1.165, 1.54) is 12.0 Å². The zero-order chi connectivity index (χ0) is 20.4. The first-order chi connectivity index (χ1) is 14.1. The predicted molar refractivity (Wildman–Crippen MR) is 104 cm³/mol. The summed E-state index contributed by atoms with van der Waals surface area (Å²) in [5, 5.41) is 0. The highest BCUT2D eigenvalue weighted by molar-refractivity contribution is 5.88. The summed E-state index contributed by atoms with van der Waals surface area (Å²) in [6.45, 7) is 2.95. The first-order valence-corrected chi connectivity index (χ1v) is 10.2. The van der Waals surface area contributed by atoms with Crippen molar-refractivity contribution in [2.24, 2.45) is 0 Å². The molecule has 2 atom stereocenters. The maximum Gasteiger partial charge on any atom is 0.410 e. The van der Waals surface area contributed by atoms with Gasteiger partial charge in [0.15, 0.2) is 0 Å². The molecule has 0 saturated carbocycles. The first kappa shape index (κ1) is 19.7. The standard InChI is InChI=1S/C21H27N3O5/c1-28-21(27)24-9-8-15-5-2-3-6-16(15)18(24)20(26)23-12-10-22(11-13-23)19(25)17-7-4-14-29-17/h2-3,5-6,17-18H,4,7-14H2,1H3. The molecule has 0 bridgehead atoms. The number of hydrogen-bond donors (Lipinski definition) is 0. The van der Waals surface area contributed by atoms with Crippen molar-refractivity contribution in [1.29, 1.82) is 0 Å². The molecule has 156 valence electrons. The summed E-state index contributed by atoms with van der Waals surface area (Å²) in [5.41, 5.74) is 1.94. The van der Waals surface area contributed by atoms with E-state index < -0.39 is 12.1 Å². The van der Waals surface area contributed by atoms with Gasteiger partial charge in [-0.3, -0.25) is 14.5 Å². The topological polar surface area (TPSA) is 79.4 Å². The van der Waals surface area contributed by atoms with Crippen LogP contribution in [0.3, 0.4) is 0 Å².